The molecule has 1 N–H and O–H groups in total. The van der Waals surface area contributed by atoms with Crippen molar-refractivity contribution in [3.63, 3.8) is 0 Å². The topological polar surface area (TPSA) is 74.0 Å². The summed E-state index contributed by atoms with van der Waals surface area (Å²) >= 11 is 9.55. The van der Waals surface area contributed by atoms with Crippen LogP contribution in [-0.4, -0.2) is 32.0 Å². The molecule has 0 aliphatic rings. The molecule has 1 aromatic carbocycles. The molecule has 3 rings (SSSR count). The maximum atomic E-state index is 12.2. The predicted octanol–water partition coefficient (Wildman–Crippen LogP) is 3.97. The fourth-order valence-electron chi connectivity index (χ4n) is 2.55. The molecule has 0 unspecified atom stereocenters. The number of nitrogens with zero attached hydrogens (tertiary/aromatic N) is 4. The summed E-state index contributed by atoms with van der Waals surface area (Å²) in [4.78, 5) is 12.2. The largest absolute Gasteiger partial charge is 0.470 e. The van der Waals surface area contributed by atoms with Gasteiger partial charge in [-0.1, -0.05) is 17.7 Å². The molecule has 0 aliphatic carbocycles. The summed E-state index contributed by atoms with van der Waals surface area (Å²) < 4.78 is 10.1. The molecular weight excluding hydrogens is 446 g/mol. The Morgan fingerprint density at radius 1 is 1.25 bits per heavy atom. The highest BCUT2D eigenvalue weighted by molar-refractivity contribution is 9.10. The number of carbonyl (C=O) groups is 1. The molecule has 7 nitrogen and oxygen atoms in total. The lowest BCUT2D eigenvalue weighted by molar-refractivity contribution is 0.0945. The van der Waals surface area contributed by atoms with Crippen LogP contribution in [0.5, 0.6) is 5.75 Å². The van der Waals surface area contributed by atoms with Gasteiger partial charge in [0.15, 0.2) is 6.73 Å². The van der Waals surface area contributed by atoms with Crippen molar-refractivity contribution < 1.29 is 9.53 Å². The molecule has 0 atom stereocenters. The first-order valence-electron chi connectivity index (χ1n) is 8.82. The minimum Gasteiger partial charge on any atom is -0.470 e. The van der Waals surface area contributed by atoms with Crippen LogP contribution in [0.25, 0.3) is 0 Å². The van der Waals surface area contributed by atoms with Crippen LogP contribution in [0, 0.1) is 13.8 Å². The van der Waals surface area contributed by atoms with Crippen LogP contribution < -0.4 is 10.1 Å². The molecule has 0 spiro atoms. The van der Waals surface area contributed by atoms with Gasteiger partial charge in [-0.15, -0.1) is 0 Å². The number of rotatable bonds is 8. The molecule has 0 aliphatic heterocycles. The SMILES string of the molecule is Cc1ccc(Cl)c(OCn2ccc(C(=O)NCCCn3cc(Br)c(C)n3)n2)c1. The van der Waals surface area contributed by atoms with Gasteiger partial charge in [0.25, 0.3) is 5.91 Å². The quantitative estimate of drug-likeness (QED) is 0.510. The van der Waals surface area contributed by atoms with Crippen molar-refractivity contribution in [2.24, 2.45) is 0 Å². The van der Waals surface area contributed by atoms with Gasteiger partial charge < -0.3 is 10.1 Å². The highest BCUT2D eigenvalue weighted by atomic mass is 79.9. The third kappa shape index (κ3) is 5.36. The number of benzene rings is 1. The van der Waals surface area contributed by atoms with Crippen LogP contribution in [0.4, 0.5) is 0 Å². The van der Waals surface area contributed by atoms with Gasteiger partial charge in [0, 0.05) is 25.5 Å². The Morgan fingerprint density at radius 2 is 2.07 bits per heavy atom. The Labute approximate surface area is 176 Å². The van der Waals surface area contributed by atoms with Gasteiger partial charge in [-0.3, -0.25) is 9.48 Å². The van der Waals surface area contributed by atoms with E-state index < -0.39 is 0 Å². The normalized spacial score (nSPS) is 10.9. The standard InChI is InChI=1S/C19H21BrClN5O2/c1-13-4-5-16(21)18(10-13)28-12-26-9-6-17(24-26)19(27)22-7-3-8-25-11-15(20)14(2)23-25/h4-6,9-11H,3,7-8,12H2,1-2H3,(H,22,27). The van der Waals surface area contributed by atoms with Gasteiger partial charge in [-0.05, 0) is 60.0 Å². The lowest BCUT2D eigenvalue weighted by Crippen LogP contribution is -2.26. The zero-order valence-corrected chi connectivity index (χ0v) is 18.0. The first-order chi connectivity index (χ1) is 13.4. The molecule has 0 saturated carbocycles. The van der Waals surface area contributed by atoms with E-state index >= 15 is 0 Å². The first-order valence-corrected chi connectivity index (χ1v) is 9.99. The lowest BCUT2D eigenvalue weighted by Gasteiger charge is -2.08. The molecule has 2 heterocycles. The van der Waals surface area contributed by atoms with Gasteiger partial charge in [0.05, 0.1) is 15.2 Å². The summed E-state index contributed by atoms with van der Waals surface area (Å²) in [5.74, 6) is 0.369. The number of nitrogens with one attached hydrogen (secondary N) is 1. The van der Waals surface area contributed by atoms with Crippen molar-refractivity contribution in [3.8, 4) is 5.75 Å². The first kappa shape index (κ1) is 20.4. The third-order valence-electron chi connectivity index (χ3n) is 4.05. The van der Waals surface area contributed by atoms with Crippen LogP contribution in [0.1, 0.15) is 28.2 Å². The van der Waals surface area contributed by atoms with Gasteiger partial charge in [-0.25, -0.2) is 4.68 Å². The van der Waals surface area contributed by atoms with E-state index in [2.05, 4.69) is 31.4 Å². The van der Waals surface area contributed by atoms with Crippen molar-refractivity contribution >= 4 is 33.4 Å². The Bertz CT molecular complexity index is 950. The van der Waals surface area contributed by atoms with E-state index in [1.54, 1.807) is 23.0 Å². The summed E-state index contributed by atoms with van der Waals surface area (Å²) in [7, 11) is 0. The average Bonchev–Trinajstić information content (AvgIpc) is 3.26. The van der Waals surface area contributed by atoms with Gasteiger partial charge >= 0.3 is 0 Å². The van der Waals surface area contributed by atoms with Crippen molar-refractivity contribution in [2.45, 2.75) is 33.5 Å². The molecule has 0 radical (unpaired) electrons. The Kier molecular flexibility index (Phi) is 6.74. The van der Waals surface area contributed by atoms with Crippen LogP contribution in [0.2, 0.25) is 5.02 Å². The molecule has 2 aromatic heterocycles. The summed E-state index contributed by atoms with van der Waals surface area (Å²) in [6.45, 7) is 5.34. The molecule has 28 heavy (non-hydrogen) atoms. The number of hydrogen-bond acceptors (Lipinski definition) is 4. The smallest absolute Gasteiger partial charge is 0.271 e. The van der Waals surface area contributed by atoms with Gasteiger partial charge in [0.2, 0.25) is 0 Å². The van der Waals surface area contributed by atoms with Crippen LogP contribution >= 0.6 is 27.5 Å². The van der Waals surface area contributed by atoms with Crippen molar-refractivity contribution in [1.82, 2.24) is 24.9 Å². The van der Waals surface area contributed by atoms with E-state index in [4.69, 9.17) is 16.3 Å². The predicted molar refractivity (Wildman–Crippen MR) is 111 cm³/mol. The monoisotopic (exact) mass is 465 g/mol. The number of amides is 1. The Hall–Kier alpha value is -2.32. The highest BCUT2D eigenvalue weighted by Crippen LogP contribution is 2.25. The Morgan fingerprint density at radius 3 is 2.82 bits per heavy atom. The molecule has 3 aromatic rings. The maximum absolute atomic E-state index is 12.2. The second kappa shape index (κ2) is 9.25. The molecule has 148 valence electrons. The second-order valence-electron chi connectivity index (χ2n) is 6.38. The van der Waals surface area contributed by atoms with Gasteiger partial charge in [0.1, 0.15) is 11.4 Å². The van der Waals surface area contributed by atoms with Crippen molar-refractivity contribution in [3.05, 3.63) is 63.1 Å². The van der Waals surface area contributed by atoms with Crippen LogP contribution in [0.15, 0.2) is 41.1 Å². The van der Waals surface area contributed by atoms with Crippen LogP contribution in [0.3, 0.4) is 0 Å². The Balaban J connectivity index is 1.45. The molecule has 0 saturated heterocycles. The van der Waals surface area contributed by atoms with E-state index in [1.165, 1.54) is 0 Å². The number of aryl methyl sites for hydroxylation is 3. The summed E-state index contributed by atoms with van der Waals surface area (Å²) in [5, 5.41) is 12.0. The molecule has 1 amide bonds. The number of carbonyl (C=O) groups excluding carboxylic acids is 1. The van der Waals surface area contributed by atoms with Crippen LogP contribution in [-0.2, 0) is 13.3 Å². The molecule has 9 heteroatoms. The summed E-state index contributed by atoms with van der Waals surface area (Å²) in [6, 6.07) is 7.22. The van der Waals surface area contributed by atoms with E-state index in [0.29, 0.717) is 23.0 Å². The number of aromatic nitrogens is 4. The third-order valence-corrected chi connectivity index (χ3v) is 5.14. The van der Waals surface area contributed by atoms with Crippen molar-refractivity contribution in [2.75, 3.05) is 6.54 Å². The second-order valence-corrected chi connectivity index (χ2v) is 7.64. The van der Waals surface area contributed by atoms with Crippen molar-refractivity contribution in [1.29, 1.82) is 0 Å². The zero-order chi connectivity index (χ0) is 20.1. The number of ether oxygens (including phenoxy) is 1. The van der Waals surface area contributed by atoms with Gasteiger partial charge in [-0.2, -0.15) is 10.2 Å². The molecule has 0 bridgehead atoms. The van der Waals surface area contributed by atoms with E-state index in [1.807, 2.05) is 36.9 Å². The lowest BCUT2D eigenvalue weighted by atomic mass is 10.2. The van der Waals surface area contributed by atoms with E-state index in [9.17, 15) is 4.79 Å². The van der Waals surface area contributed by atoms with E-state index in [0.717, 1.165) is 28.7 Å². The molecule has 0 fully saturated rings. The highest BCUT2D eigenvalue weighted by Gasteiger charge is 2.10. The fourth-order valence-corrected chi connectivity index (χ4v) is 3.04. The summed E-state index contributed by atoms with van der Waals surface area (Å²) in [6.07, 6.45) is 4.40. The fraction of sp³-hybridized carbons (Fsp3) is 0.316. The molecular formula is C19H21BrClN5O2. The number of hydrogen-bond donors (Lipinski definition) is 1. The summed E-state index contributed by atoms with van der Waals surface area (Å²) in [5.41, 5.74) is 2.35. The maximum Gasteiger partial charge on any atom is 0.271 e. The average molecular weight is 467 g/mol. The van der Waals surface area contributed by atoms with E-state index in [-0.39, 0.29) is 12.6 Å². The number of halogens is 2. The minimum atomic E-state index is -0.217. The minimum absolute atomic E-state index is 0.171. The zero-order valence-electron chi connectivity index (χ0n) is 15.7.